The number of amides is 4. The van der Waals surface area contributed by atoms with E-state index in [0.29, 0.717) is 0 Å². The minimum Gasteiger partial charge on any atom is -0.353 e. The smallest absolute Gasteiger partial charge is 0.325 e. The van der Waals surface area contributed by atoms with Crippen LogP contribution in [-0.4, -0.2) is 40.9 Å². The van der Waals surface area contributed by atoms with Crippen molar-refractivity contribution in [2.75, 3.05) is 6.54 Å². The van der Waals surface area contributed by atoms with Gasteiger partial charge in [-0.1, -0.05) is 38.5 Å². The lowest BCUT2D eigenvalue weighted by Gasteiger charge is -2.39. The molecule has 1 aliphatic heterocycles. The third-order valence-corrected chi connectivity index (χ3v) is 7.17. The van der Waals surface area contributed by atoms with E-state index < -0.39 is 5.54 Å². The summed E-state index contributed by atoms with van der Waals surface area (Å²) >= 11 is 0. The second-order valence-electron chi connectivity index (χ2n) is 8.81. The van der Waals surface area contributed by atoms with Gasteiger partial charge in [-0.2, -0.15) is 0 Å². The molecule has 26 heavy (non-hydrogen) atoms. The molecule has 1 saturated heterocycles. The molecule has 6 nitrogen and oxygen atoms in total. The number of hydrogen-bond acceptors (Lipinski definition) is 3. The molecule has 4 fully saturated rings. The molecule has 0 aromatic rings. The summed E-state index contributed by atoms with van der Waals surface area (Å²) in [5, 5.41) is 6.03. The lowest BCUT2D eigenvalue weighted by molar-refractivity contribution is -0.131. The molecule has 3 atom stereocenters. The van der Waals surface area contributed by atoms with Crippen molar-refractivity contribution in [3.05, 3.63) is 0 Å². The van der Waals surface area contributed by atoms with Crippen LogP contribution in [0.5, 0.6) is 0 Å². The Morgan fingerprint density at radius 3 is 2.54 bits per heavy atom. The molecule has 4 aliphatic rings. The van der Waals surface area contributed by atoms with Crippen LogP contribution in [0.2, 0.25) is 0 Å². The highest BCUT2D eigenvalue weighted by molar-refractivity contribution is 6.07. The Labute approximate surface area is 155 Å². The van der Waals surface area contributed by atoms with Gasteiger partial charge in [0.15, 0.2) is 0 Å². The predicted octanol–water partition coefficient (Wildman–Crippen LogP) is 2.72. The van der Waals surface area contributed by atoms with Crippen LogP contribution in [0, 0.1) is 11.8 Å². The van der Waals surface area contributed by atoms with E-state index in [1.165, 1.54) is 37.0 Å². The third kappa shape index (κ3) is 3.35. The van der Waals surface area contributed by atoms with Crippen LogP contribution in [0.3, 0.4) is 0 Å². The first-order valence-electron chi connectivity index (χ1n) is 10.5. The van der Waals surface area contributed by atoms with Crippen LogP contribution in [0.15, 0.2) is 0 Å². The quantitative estimate of drug-likeness (QED) is 0.756. The van der Waals surface area contributed by atoms with E-state index in [-0.39, 0.29) is 36.9 Å². The number of fused-ring (bicyclic) bond motifs is 1. The van der Waals surface area contributed by atoms with Crippen LogP contribution in [0.1, 0.15) is 77.0 Å². The van der Waals surface area contributed by atoms with Crippen LogP contribution in [0.25, 0.3) is 0 Å². The molecule has 0 aromatic carbocycles. The highest BCUT2D eigenvalue weighted by Crippen LogP contribution is 2.40. The van der Waals surface area contributed by atoms with E-state index in [1.807, 2.05) is 0 Å². The van der Waals surface area contributed by atoms with Crippen molar-refractivity contribution >= 4 is 17.8 Å². The molecule has 0 bridgehead atoms. The molecule has 0 radical (unpaired) electrons. The van der Waals surface area contributed by atoms with E-state index in [0.717, 1.165) is 50.4 Å². The molecular weight excluding hydrogens is 330 g/mol. The van der Waals surface area contributed by atoms with E-state index in [2.05, 4.69) is 10.6 Å². The molecule has 144 valence electrons. The largest absolute Gasteiger partial charge is 0.353 e. The zero-order valence-corrected chi connectivity index (χ0v) is 15.6. The number of rotatable bonds is 4. The first-order chi connectivity index (χ1) is 12.6. The lowest BCUT2D eigenvalue weighted by Crippen LogP contribution is -2.45. The average Bonchev–Trinajstić information content (AvgIpc) is 3.19. The molecule has 0 unspecified atom stereocenters. The first-order valence-corrected chi connectivity index (χ1v) is 10.5. The topological polar surface area (TPSA) is 78.5 Å². The lowest BCUT2D eigenvalue weighted by atomic mass is 9.69. The summed E-state index contributed by atoms with van der Waals surface area (Å²) in [5.41, 5.74) is -0.674. The van der Waals surface area contributed by atoms with Crippen molar-refractivity contribution in [1.29, 1.82) is 0 Å². The standard InChI is InChI=1S/C20H31N3O3/c24-17(21-16-8-7-14-5-1-2-6-15(14)13-16)9-12-23-18(25)20(22-19(23)26)10-3-4-11-20/h14-16H,1-13H2,(H,21,24)(H,22,26)/t14-,15-,16+/m0/s1. The van der Waals surface area contributed by atoms with Crippen molar-refractivity contribution in [1.82, 2.24) is 15.5 Å². The van der Waals surface area contributed by atoms with Gasteiger partial charge in [0.2, 0.25) is 5.91 Å². The summed E-state index contributed by atoms with van der Waals surface area (Å²) in [5.74, 6) is 1.48. The molecule has 2 N–H and O–H groups in total. The van der Waals surface area contributed by atoms with Gasteiger partial charge < -0.3 is 10.6 Å². The van der Waals surface area contributed by atoms with Gasteiger partial charge in [-0.05, 0) is 43.9 Å². The van der Waals surface area contributed by atoms with E-state index >= 15 is 0 Å². The SMILES string of the molecule is O=C(CCN1C(=O)NC2(CCCC2)C1=O)N[C@@H]1CC[C@@H]2CCCC[C@H]2C1. The van der Waals surface area contributed by atoms with Gasteiger partial charge in [-0.15, -0.1) is 0 Å². The summed E-state index contributed by atoms with van der Waals surface area (Å²) in [4.78, 5) is 38.4. The van der Waals surface area contributed by atoms with Crippen LogP contribution < -0.4 is 10.6 Å². The van der Waals surface area contributed by atoms with Crippen molar-refractivity contribution in [3.8, 4) is 0 Å². The minimum absolute atomic E-state index is 0.0303. The normalized spacial score (nSPS) is 33.2. The summed E-state index contributed by atoms with van der Waals surface area (Å²) in [6, 6.07) is -0.0569. The highest BCUT2D eigenvalue weighted by atomic mass is 16.2. The Morgan fingerprint density at radius 2 is 1.77 bits per heavy atom. The number of nitrogens with one attached hydrogen (secondary N) is 2. The minimum atomic E-state index is -0.674. The zero-order valence-electron chi connectivity index (χ0n) is 15.6. The second kappa shape index (κ2) is 7.20. The number of nitrogens with zero attached hydrogens (tertiary/aromatic N) is 1. The van der Waals surface area contributed by atoms with Crippen molar-refractivity contribution in [2.24, 2.45) is 11.8 Å². The van der Waals surface area contributed by atoms with Crippen molar-refractivity contribution in [3.63, 3.8) is 0 Å². The van der Waals surface area contributed by atoms with Crippen molar-refractivity contribution in [2.45, 2.75) is 88.6 Å². The van der Waals surface area contributed by atoms with Gasteiger partial charge >= 0.3 is 6.03 Å². The van der Waals surface area contributed by atoms with Crippen LogP contribution >= 0.6 is 0 Å². The fourth-order valence-corrected chi connectivity index (χ4v) is 5.71. The average molecular weight is 361 g/mol. The molecule has 3 aliphatic carbocycles. The van der Waals surface area contributed by atoms with E-state index in [4.69, 9.17) is 0 Å². The van der Waals surface area contributed by atoms with Gasteiger partial charge in [0, 0.05) is 19.0 Å². The first kappa shape index (κ1) is 17.8. The predicted molar refractivity (Wildman–Crippen MR) is 97.3 cm³/mol. The summed E-state index contributed by atoms with van der Waals surface area (Å²) < 4.78 is 0. The van der Waals surface area contributed by atoms with Gasteiger partial charge in [-0.25, -0.2) is 4.79 Å². The maximum atomic E-state index is 12.6. The molecule has 6 heteroatoms. The second-order valence-corrected chi connectivity index (χ2v) is 8.81. The fourth-order valence-electron chi connectivity index (χ4n) is 5.71. The molecule has 4 rings (SSSR count). The van der Waals surface area contributed by atoms with E-state index in [9.17, 15) is 14.4 Å². The van der Waals surface area contributed by atoms with Gasteiger partial charge in [0.25, 0.3) is 5.91 Å². The number of imide groups is 1. The van der Waals surface area contributed by atoms with Gasteiger partial charge in [0.1, 0.15) is 5.54 Å². The van der Waals surface area contributed by atoms with Crippen LogP contribution in [0.4, 0.5) is 4.79 Å². The Morgan fingerprint density at radius 1 is 1.04 bits per heavy atom. The van der Waals surface area contributed by atoms with Gasteiger partial charge in [-0.3, -0.25) is 14.5 Å². The maximum absolute atomic E-state index is 12.6. The Bertz CT molecular complexity index is 585. The molecule has 1 spiro atoms. The van der Waals surface area contributed by atoms with Crippen molar-refractivity contribution < 1.29 is 14.4 Å². The van der Waals surface area contributed by atoms with Gasteiger partial charge in [0.05, 0.1) is 0 Å². The maximum Gasteiger partial charge on any atom is 0.325 e. The molecular formula is C20H31N3O3. The number of carbonyl (C=O) groups excluding carboxylic acids is 3. The molecule has 4 amide bonds. The summed E-state index contributed by atoms with van der Waals surface area (Å²) in [6.07, 6.45) is 12.4. The highest BCUT2D eigenvalue weighted by Gasteiger charge is 2.52. The molecule has 0 aromatic heterocycles. The fraction of sp³-hybridized carbons (Fsp3) is 0.850. The Balaban J connectivity index is 1.25. The Kier molecular flexibility index (Phi) is 4.93. The zero-order chi connectivity index (χ0) is 18.1. The molecule has 1 heterocycles. The van der Waals surface area contributed by atoms with E-state index in [1.54, 1.807) is 0 Å². The Hall–Kier alpha value is -1.59. The summed E-state index contributed by atoms with van der Waals surface area (Å²) in [6.45, 7) is 0.191. The monoisotopic (exact) mass is 361 g/mol. The molecule has 3 saturated carbocycles. The summed E-state index contributed by atoms with van der Waals surface area (Å²) in [7, 11) is 0. The third-order valence-electron chi connectivity index (χ3n) is 7.17. The van der Waals surface area contributed by atoms with Crippen LogP contribution in [-0.2, 0) is 9.59 Å². The number of hydrogen-bond donors (Lipinski definition) is 2. The number of carbonyl (C=O) groups is 3. The number of urea groups is 1.